The Morgan fingerprint density at radius 3 is 2.96 bits per heavy atom. The number of aromatic nitrogens is 3. The second kappa shape index (κ2) is 5.67. The Kier molecular flexibility index (Phi) is 3.81. The van der Waals surface area contributed by atoms with Gasteiger partial charge >= 0.3 is 0 Å². The summed E-state index contributed by atoms with van der Waals surface area (Å²) in [4.78, 5) is 14.1. The second-order valence-electron chi connectivity index (χ2n) is 7.69. The van der Waals surface area contributed by atoms with E-state index in [9.17, 15) is 8.42 Å². The predicted molar refractivity (Wildman–Crippen MR) is 97.9 cm³/mol. The molecule has 1 unspecified atom stereocenters. The van der Waals surface area contributed by atoms with E-state index < -0.39 is 10.0 Å². The molecule has 1 aliphatic carbocycles. The fourth-order valence-electron chi connectivity index (χ4n) is 4.61. The van der Waals surface area contributed by atoms with Crippen LogP contribution in [0.4, 0.5) is 5.82 Å². The minimum atomic E-state index is -3.09. The van der Waals surface area contributed by atoms with Crippen LogP contribution in [0.3, 0.4) is 0 Å². The van der Waals surface area contributed by atoms with E-state index in [-0.39, 0.29) is 11.2 Å². The van der Waals surface area contributed by atoms with Crippen molar-refractivity contribution >= 4 is 26.9 Å². The molecule has 4 rings (SSSR count). The van der Waals surface area contributed by atoms with E-state index in [0.717, 1.165) is 29.7 Å². The third kappa shape index (κ3) is 2.62. The summed E-state index contributed by atoms with van der Waals surface area (Å²) < 4.78 is 26.1. The third-order valence-corrected chi connectivity index (χ3v) is 7.97. The quantitative estimate of drug-likeness (QED) is 0.896. The van der Waals surface area contributed by atoms with Crippen LogP contribution in [-0.2, 0) is 10.0 Å². The minimum Gasteiger partial charge on any atom is -0.356 e. The molecule has 1 saturated heterocycles. The maximum Gasteiger partial charge on any atom is 0.213 e. The van der Waals surface area contributed by atoms with Crippen LogP contribution in [0.25, 0.3) is 11.0 Å². The molecular formula is C17H25N5O2S. The molecular weight excluding hydrogens is 338 g/mol. The topological polar surface area (TPSA) is 82.2 Å². The smallest absolute Gasteiger partial charge is 0.213 e. The lowest BCUT2D eigenvalue weighted by molar-refractivity contribution is 0.296. The van der Waals surface area contributed by atoms with Crippen molar-refractivity contribution in [2.75, 3.05) is 30.8 Å². The van der Waals surface area contributed by atoms with Crippen LogP contribution in [0.5, 0.6) is 0 Å². The fourth-order valence-corrected chi connectivity index (χ4v) is 5.87. The Balaban J connectivity index is 1.55. The Labute approximate surface area is 148 Å². The summed E-state index contributed by atoms with van der Waals surface area (Å²) in [7, 11) is -1.01. The normalized spacial score (nSPS) is 30.0. The van der Waals surface area contributed by atoms with E-state index in [2.05, 4.69) is 33.8 Å². The van der Waals surface area contributed by atoms with Gasteiger partial charge in [0.2, 0.25) is 10.0 Å². The maximum absolute atomic E-state index is 12.2. The molecule has 7 nitrogen and oxygen atoms in total. The third-order valence-electron chi connectivity index (χ3n) is 6.18. The first-order valence-electron chi connectivity index (χ1n) is 8.83. The molecule has 2 fully saturated rings. The highest BCUT2D eigenvalue weighted by atomic mass is 32.2. The van der Waals surface area contributed by atoms with Crippen molar-refractivity contribution in [2.45, 2.75) is 32.7 Å². The second-order valence-corrected chi connectivity index (χ2v) is 9.94. The van der Waals surface area contributed by atoms with Crippen LogP contribution in [-0.4, -0.2) is 59.6 Å². The van der Waals surface area contributed by atoms with Gasteiger partial charge in [-0.05, 0) is 37.2 Å². The number of H-pyrrole nitrogens is 1. The van der Waals surface area contributed by atoms with Crippen molar-refractivity contribution < 1.29 is 8.42 Å². The highest BCUT2D eigenvalue weighted by molar-refractivity contribution is 7.89. The molecule has 25 heavy (non-hydrogen) atoms. The first-order chi connectivity index (χ1) is 11.8. The molecule has 0 bridgehead atoms. The van der Waals surface area contributed by atoms with Gasteiger partial charge in [-0.3, -0.25) is 0 Å². The lowest BCUT2D eigenvalue weighted by Crippen LogP contribution is -2.36. The standard InChI is InChI=1S/C17H25N5O2S/c1-4-25(23,24)22-9-12-7-13(8-17(12,2)10-22)21(3)16-14-5-6-18-15(14)19-11-20-16/h5-6,11-13H,4,7-10H2,1-3H3,(H,18,19,20)/t12-,13?,17+/m1/s1. The van der Waals surface area contributed by atoms with Crippen molar-refractivity contribution in [1.82, 2.24) is 19.3 Å². The summed E-state index contributed by atoms with van der Waals surface area (Å²) in [6, 6.07) is 2.38. The Hall–Kier alpha value is -1.67. The Morgan fingerprint density at radius 2 is 2.24 bits per heavy atom. The first-order valence-corrected chi connectivity index (χ1v) is 10.4. The number of hydrogen-bond donors (Lipinski definition) is 1. The summed E-state index contributed by atoms with van der Waals surface area (Å²) in [5.74, 6) is 1.54. The lowest BCUT2D eigenvalue weighted by atomic mass is 9.83. The summed E-state index contributed by atoms with van der Waals surface area (Å²) in [6.45, 7) is 5.25. The molecule has 0 radical (unpaired) electrons. The highest BCUT2D eigenvalue weighted by Gasteiger charge is 2.53. The van der Waals surface area contributed by atoms with Gasteiger partial charge in [0.1, 0.15) is 17.8 Å². The molecule has 2 aliphatic rings. The predicted octanol–water partition coefficient (Wildman–Crippen LogP) is 1.84. The molecule has 1 aliphatic heterocycles. The van der Waals surface area contributed by atoms with E-state index in [1.165, 1.54) is 0 Å². The molecule has 0 amide bonds. The first kappa shape index (κ1) is 16.8. The summed E-state index contributed by atoms with van der Waals surface area (Å²) >= 11 is 0. The van der Waals surface area contributed by atoms with Crippen molar-refractivity contribution in [3.63, 3.8) is 0 Å². The van der Waals surface area contributed by atoms with E-state index in [1.807, 2.05) is 12.3 Å². The van der Waals surface area contributed by atoms with Crippen molar-refractivity contribution in [3.05, 3.63) is 18.6 Å². The van der Waals surface area contributed by atoms with Gasteiger partial charge in [-0.2, -0.15) is 0 Å². The molecule has 1 N–H and O–H groups in total. The molecule has 2 aromatic rings. The number of aromatic amines is 1. The number of hydrogen-bond acceptors (Lipinski definition) is 5. The average molecular weight is 363 g/mol. The van der Waals surface area contributed by atoms with Crippen LogP contribution in [0.1, 0.15) is 26.7 Å². The molecule has 0 aromatic carbocycles. The van der Waals surface area contributed by atoms with E-state index in [1.54, 1.807) is 17.6 Å². The molecule has 1 saturated carbocycles. The largest absolute Gasteiger partial charge is 0.356 e. The van der Waals surface area contributed by atoms with Crippen LogP contribution in [0.2, 0.25) is 0 Å². The van der Waals surface area contributed by atoms with Gasteiger partial charge in [-0.25, -0.2) is 22.7 Å². The van der Waals surface area contributed by atoms with E-state index >= 15 is 0 Å². The van der Waals surface area contributed by atoms with Gasteiger partial charge < -0.3 is 9.88 Å². The Morgan fingerprint density at radius 1 is 1.44 bits per heavy atom. The van der Waals surface area contributed by atoms with Gasteiger partial charge in [0.25, 0.3) is 0 Å². The molecule has 2 aromatic heterocycles. The summed E-state index contributed by atoms with van der Waals surface area (Å²) in [5, 5.41) is 1.03. The van der Waals surface area contributed by atoms with Crippen molar-refractivity contribution in [2.24, 2.45) is 11.3 Å². The summed E-state index contributed by atoms with van der Waals surface area (Å²) in [6.07, 6.45) is 5.46. The number of anilines is 1. The SMILES string of the molecule is CCS(=O)(=O)N1C[C@H]2CC(N(C)c3ncnc4[nH]ccc34)C[C@@]2(C)C1. The zero-order valence-corrected chi connectivity index (χ0v) is 15.8. The lowest BCUT2D eigenvalue weighted by Gasteiger charge is -2.29. The maximum atomic E-state index is 12.2. The average Bonchev–Trinajstić information content (AvgIpc) is 3.25. The van der Waals surface area contributed by atoms with Crippen LogP contribution < -0.4 is 4.90 Å². The van der Waals surface area contributed by atoms with Gasteiger partial charge in [0.05, 0.1) is 11.1 Å². The molecule has 0 spiro atoms. The highest BCUT2D eigenvalue weighted by Crippen LogP contribution is 2.50. The molecule has 8 heteroatoms. The van der Waals surface area contributed by atoms with Gasteiger partial charge in [-0.1, -0.05) is 6.92 Å². The van der Waals surface area contributed by atoms with Gasteiger partial charge in [0.15, 0.2) is 0 Å². The van der Waals surface area contributed by atoms with Crippen molar-refractivity contribution in [3.8, 4) is 0 Å². The fraction of sp³-hybridized carbons (Fsp3) is 0.647. The minimum absolute atomic E-state index is 0.0471. The number of nitrogens with zero attached hydrogens (tertiary/aromatic N) is 4. The number of fused-ring (bicyclic) bond motifs is 2. The number of sulfonamides is 1. The van der Waals surface area contributed by atoms with E-state index in [4.69, 9.17) is 0 Å². The Bertz CT molecular complexity index is 895. The number of rotatable bonds is 4. The molecule has 3 atom stereocenters. The zero-order valence-electron chi connectivity index (χ0n) is 14.9. The molecule has 136 valence electrons. The van der Waals surface area contributed by atoms with Crippen molar-refractivity contribution in [1.29, 1.82) is 0 Å². The van der Waals surface area contributed by atoms with Gasteiger partial charge in [-0.15, -0.1) is 0 Å². The van der Waals surface area contributed by atoms with Crippen LogP contribution >= 0.6 is 0 Å². The monoisotopic (exact) mass is 363 g/mol. The van der Waals surface area contributed by atoms with Crippen LogP contribution in [0.15, 0.2) is 18.6 Å². The van der Waals surface area contributed by atoms with Gasteiger partial charge in [0, 0.05) is 32.4 Å². The van der Waals surface area contributed by atoms with E-state index in [0.29, 0.717) is 25.0 Å². The number of nitrogens with one attached hydrogen (secondary N) is 1. The zero-order chi connectivity index (χ0) is 17.8. The summed E-state index contributed by atoms with van der Waals surface area (Å²) in [5.41, 5.74) is 0.896. The molecule has 3 heterocycles. The van der Waals surface area contributed by atoms with Crippen LogP contribution in [0, 0.1) is 11.3 Å².